The highest BCUT2D eigenvalue weighted by Gasteiger charge is 2.29. The molecule has 12 heteroatoms. The fourth-order valence-corrected chi connectivity index (χ4v) is 5.03. The predicted octanol–water partition coefficient (Wildman–Crippen LogP) is 7.46. The van der Waals surface area contributed by atoms with Gasteiger partial charge in [-0.2, -0.15) is 0 Å². The summed E-state index contributed by atoms with van der Waals surface area (Å²) >= 11 is 0. The molecule has 0 aromatic heterocycles. The first-order chi connectivity index (χ1) is 26.1. The standard InChI is InChI=1S/C43H50N2O10/c1-42(2,3)54-40(48)44-36(25-30-17-21-34(22-18-30)50-27-32-13-9-7-10-14-32)38(46)52-29-53-39(47)37(45-41(49)55-43(4,5)6)26-31-19-23-35(24-20-31)51-28-33-15-11-8-12-16-33/h7-24,36-37H,25-29H2,1-6H3,(H,44,48)(H,45,49). The number of alkyl carbamates (subject to hydrolysis) is 2. The number of amides is 2. The Kier molecular flexibility index (Phi) is 15.1. The summed E-state index contributed by atoms with van der Waals surface area (Å²) in [6.07, 6.45) is -1.57. The van der Waals surface area contributed by atoms with E-state index in [-0.39, 0.29) is 12.8 Å². The Morgan fingerprint density at radius 3 is 1.16 bits per heavy atom. The molecule has 0 spiro atoms. The summed E-state index contributed by atoms with van der Waals surface area (Å²) in [5.41, 5.74) is 1.78. The normalized spacial score (nSPS) is 12.3. The topological polar surface area (TPSA) is 148 Å². The molecule has 4 rings (SSSR count). The van der Waals surface area contributed by atoms with Crippen molar-refractivity contribution >= 4 is 24.1 Å². The van der Waals surface area contributed by atoms with E-state index in [4.69, 9.17) is 28.4 Å². The van der Waals surface area contributed by atoms with Crippen LogP contribution in [0, 0.1) is 0 Å². The minimum atomic E-state index is -1.19. The molecule has 55 heavy (non-hydrogen) atoms. The molecule has 2 atom stereocenters. The molecular weight excluding hydrogens is 704 g/mol. The van der Waals surface area contributed by atoms with Crippen molar-refractivity contribution in [2.45, 2.75) is 90.9 Å². The van der Waals surface area contributed by atoms with Gasteiger partial charge in [0, 0.05) is 12.8 Å². The summed E-state index contributed by atoms with van der Waals surface area (Å²) < 4.78 is 33.1. The van der Waals surface area contributed by atoms with E-state index in [1.807, 2.05) is 60.7 Å². The van der Waals surface area contributed by atoms with Gasteiger partial charge in [-0.15, -0.1) is 0 Å². The minimum absolute atomic E-state index is 0.0405. The quantitative estimate of drug-likeness (QED) is 0.0671. The number of rotatable bonds is 16. The molecule has 0 fully saturated rings. The molecule has 4 aromatic carbocycles. The van der Waals surface area contributed by atoms with Crippen LogP contribution >= 0.6 is 0 Å². The van der Waals surface area contributed by atoms with Crippen LogP contribution in [0.1, 0.15) is 63.8 Å². The second-order valence-corrected chi connectivity index (χ2v) is 14.7. The second kappa shape index (κ2) is 19.9. The van der Waals surface area contributed by atoms with Crippen LogP contribution in [0.4, 0.5) is 9.59 Å². The SMILES string of the molecule is CC(C)(C)OC(=O)NC(Cc1ccc(OCc2ccccc2)cc1)C(=O)OCOC(=O)C(Cc1ccc(OCc2ccccc2)cc1)NC(=O)OC(C)(C)C. The molecule has 0 bridgehead atoms. The Balaban J connectivity index is 1.38. The highest BCUT2D eigenvalue weighted by Crippen LogP contribution is 2.18. The molecule has 292 valence electrons. The first-order valence-corrected chi connectivity index (χ1v) is 18.0. The van der Waals surface area contributed by atoms with Gasteiger partial charge in [-0.25, -0.2) is 19.2 Å². The van der Waals surface area contributed by atoms with Gasteiger partial charge >= 0.3 is 24.1 Å². The first-order valence-electron chi connectivity index (χ1n) is 18.0. The van der Waals surface area contributed by atoms with Crippen LogP contribution in [0.15, 0.2) is 109 Å². The smallest absolute Gasteiger partial charge is 0.408 e. The molecule has 0 aliphatic carbocycles. The molecular formula is C43H50N2O10. The molecule has 2 amide bonds. The first kappa shape index (κ1) is 41.7. The number of nitrogens with one attached hydrogen (secondary N) is 2. The lowest BCUT2D eigenvalue weighted by molar-refractivity contribution is -0.170. The van der Waals surface area contributed by atoms with Gasteiger partial charge in [-0.05, 0) is 88.1 Å². The summed E-state index contributed by atoms with van der Waals surface area (Å²) in [6.45, 7) is 10.2. The van der Waals surface area contributed by atoms with Crippen LogP contribution in [0.25, 0.3) is 0 Å². The van der Waals surface area contributed by atoms with Gasteiger partial charge in [0.1, 0.15) is 48.0 Å². The largest absolute Gasteiger partial charge is 0.489 e. The molecule has 0 aliphatic heterocycles. The van der Waals surface area contributed by atoms with Crippen molar-refractivity contribution < 1.29 is 47.6 Å². The zero-order valence-electron chi connectivity index (χ0n) is 32.2. The van der Waals surface area contributed by atoms with Gasteiger partial charge in [0.05, 0.1) is 0 Å². The third-order valence-corrected chi connectivity index (χ3v) is 7.58. The van der Waals surface area contributed by atoms with Crippen molar-refractivity contribution in [2.75, 3.05) is 6.79 Å². The molecule has 2 unspecified atom stereocenters. The zero-order chi connectivity index (χ0) is 39.8. The zero-order valence-corrected chi connectivity index (χ0v) is 32.2. The van der Waals surface area contributed by atoms with Gasteiger partial charge in [0.15, 0.2) is 0 Å². The Hall–Kier alpha value is -6.04. The Morgan fingerprint density at radius 2 is 0.836 bits per heavy atom. The molecule has 0 aliphatic rings. The molecule has 0 saturated heterocycles. The van der Waals surface area contributed by atoms with Gasteiger partial charge in [0.25, 0.3) is 0 Å². The van der Waals surface area contributed by atoms with E-state index in [1.165, 1.54) is 0 Å². The number of esters is 2. The maximum atomic E-state index is 13.3. The van der Waals surface area contributed by atoms with E-state index in [9.17, 15) is 19.2 Å². The van der Waals surface area contributed by atoms with Crippen molar-refractivity contribution in [3.8, 4) is 11.5 Å². The van der Waals surface area contributed by atoms with Crippen LogP contribution in [0.2, 0.25) is 0 Å². The van der Waals surface area contributed by atoms with Crippen LogP contribution in [-0.2, 0) is 54.6 Å². The maximum absolute atomic E-state index is 13.3. The molecule has 4 aromatic rings. The summed E-state index contributed by atoms with van der Waals surface area (Å²) in [5.74, 6) is -0.488. The third-order valence-electron chi connectivity index (χ3n) is 7.58. The number of benzene rings is 4. The Labute approximate surface area is 322 Å². The average Bonchev–Trinajstić information content (AvgIpc) is 3.13. The van der Waals surface area contributed by atoms with E-state index < -0.39 is 54.2 Å². The van der Waals surface area contributed by atoms with E-state index >= 15 is 0 Å². The van der Waals surface area contributed by atoms with Gasteiger partial charge in [0.2, 0.25) is 6.79 Å². The fourth-order valence-electron chi connectivity index (χ4n) is 5.03. The van der Waals surface area contributed by atoms with Crippen molar-refractivity contribution in [1.29, 1.82) is 0 Å². The predicted molar refractivity (Wildman–Crippen MR) is 205 cm³/mol. The lowest BCUT2D eigenvalue weighted by Gasteiger charge is -2.24. The molecule has 0 radical (unpaired) electrons. The van der Waals surface area contributed by atoms with Gasteiger partial charge in [-0.3, -0.25) is 0 Å². The second-order valence-electron chi connectivity index (χ2n) is 14.7. The Morgan fingerprint density at radius 1 is 0.491 bits per heavy atom. The van der Waals surface area contributed by atoms with Crippen LogP contribution < -0.4 is 20.1 Å². The lowest BCUT2D eigenvalue weighted by Crippen LogP contribution is -2.47. The average molecular weight is 755 g/mol. The monoisotopic (exact) mass is 754 g/mol. The van der Waals surface area contributed by atoms with E-state index in [0.29, 0.717) is 35.8 Å². The minimum Gasteiger partial charge on any atom is -0.489 e. The molecule has 0 saturated carbocycles. The van der Waals surface area contributed by atoms with Crippen molar-refractivity contribution in [1.82, 2.24) is 10.6 Å². The summed E-state index contributed by atoms with van der Waals surface area (Å²) in [7, 11) is 0. The van der Waals surface area contributed by atoms with E-state index in [0.717, 1.165) is 11.1 Å². The number of ether oxygens (including phenoxy) is 6. The van der Waals surface area contributed by atoms with Crippen molar-refractivity contribution in [3.63, 3.8) is 0 Å². The van der Waals surface area contributed by atoms with Crippen molar-refractivity contribution in [3.05, 3.63) is 131 Å². The highest BCUT2D eigenvalue weighted by molar-refractivity contribution is 5.83. The highest BCUT2D eigenvalue weighted by atomic mass is 16.7. The van der Waals surface area contributed by atoms with Crippen molar-refractivity contribution in [2.24, 2.45) is 0 Å². The molecule has 0 heterocycles. The lowest BCUT2D eigenvalue weighted by atomic mass is 10.1. The van der Waals surface area contributed by atoms with Gasteiger partial charge in [-0.1, -0.05) is 84.9 Å². The van der Waals surface area contributed by atoms with E-state index in [2.05, 4.69) is 10.6 Å². The van der Waals surface area contributed by atoms with Crippen LogP contribution in [0.5, 0.6) is 11.5 Å². The number of carbonyl (C=O) groups is 4. The summed E-state index contributed by atoms with van der Waals surface area (Å²) in [4.78, 5) is 52.0. The number of hydrogen-bond acceptors (Lipinski definition) is 10. The summed E-state index contributed by atoms with van der Waals surface area (Å²) in [6, 6.07) is 31.2. The Bertz CT molecular complexity index is 1680. The van der Waals surface area contributed by atoms with Crippen LogP contribution in [-0.4, -0.2) is 54.2 Å². The fraction of sp³-hybridized carbons (Fsp3) is 0.349. The maximum Gasteiger partial charge on any atom is 0.408 e. The third kappa shape index (κ3) is 15.8. The number of carbonyl (C=O) groups excluding carboxylic acids is 4. The number of hydrogen-bond donors (Lipinski definition) is 2. The summed E-state index contributed by atoms with van der Waals surface area (Å²) in [5, 5.41) is 5.11. The van der Waals surface area contributed by atoms with Crippen LogP contribution in [0.3, 0.4) is 0 Å². The van der Waals surface area contributed by atoms with E-state index in [1.54, 1.807) is 90.1 Å². The van der Waals surface area contributed by atoms with Gasteiger partial charge < -0.3 is 39.1 Å². The molecule has 2 N–H and O–H groups in total. The molecule has 12 nitrogen and oxygen atoms in total.